The summed E-state index contributed by atoms with van der Waals surface area (Å²) in [6, 6.07) is 2.12. The molecule has 0 spiro atoms. The van der Waals surface area contributed by atoms with E-state index in [0.29, 0.717) is 5.56 Å². The van der Waals surface area contributed by atoms with Crippen LogP contribution in [-0.4, -0.2) is 63.2 Å². The third-order valence-electron chi connectivity index (χ3n) is 4.09. The topological polar surface area (TPSA) is 205 Å². The molecule has 0 heterocycles. The van der Waals surface area contributed by atoms with Crippen LogP contribution in [0, 0.1) is 0 Å². The van der Waals surface area contributed by atoms with Crippen molar-refractivity contribution in [2.75, 3.05) is 0 Å². The van der Waals surface area contributed by atoms with Crippen LogP contribution in [0.2, 0.25) is 0 Å². The highest BCUT2D eigenvalue weighted by Crippen LogP contribution is 2.11. The minimum absolute atomic E-state index is 0.0565. The minimum atomic E-state index is -1.60. The number of aliphatic carboxylic acids is 1. The van der Waals surface area contributed by atoms with Crippen LogP contribution in [0.5, 0.6) is 5.75 Å². The molecule has 0 bridgehead atoms. The van der Waals surface area contributed by atoms with E-state index in [1.165, 1.54) is 19.1 Å². The lowest BCUT2D eigenvalue weighted by Gasteiger charge is -2.23. The number of primary amides is 1. The van der Waals surface area contributed by atoms with Gasteiger partial charge in [0, 0.05) is 6.42 Å². The normalized spacial score (nSPS) is 14.9. The molecule has 0 saturated heterocycles. The molecule has 1 aromatic rings. The van der Waals surface area contributed by atoms with Gasteiger partial charge in [0.2, 0.25) is 17.7 Å². The van der Waals surface area contributed by atoms with E-state index in [2.05, 4.69) is 10.6 Å². The van der Waals surface area contributed by atoms with Crippen LogP contribution in [0.15, 0.2) is 24.3 Å². The molecule has 4 unspecified atom stereocenters. The number of amides is 3. The summed E-state index contributed by atoms with van der Waals surface area (Å²) < 4.78 is 0. The van der Waals surface area contributed by atoms with E-state index < -0.39 is 47.9 Å². The van der Waals surface area contributed by atoms with Crippen LogP contribution < -0.4 is 22.1 Å². The van der Waals surface area contributed by atoms with E-state index in [4.69, 9.17) is 16.6 Å². The van der Waals surface area contributed by atoms with Crippen molar-refractivity contribution in [3.05, 3.63) is 29.8 Å². The Morgan fingerprint density at radius 3 is 2.14 bits per heavy atom. The van der Waals surface area contributed by atoms with Crippen molar-refractivity contribution >= 4 is 23.7 Å². The van der Waals surface area contributed by atoms with E-state index in [1.807, 2.05) is 0 Å². The van der Waals surface area contributed by atoms with E-state index in [1.54, 1.807) is 12.1 Å². The second kappa shape index (κ2) is 11.0. The Balaban J connectivity index is 2.83. The van der Waals surface area contributed by atoms with Gasteiger partial charge < -0.3 is 37.4 Å². The van der Waals surface area contributed by atoms with Crippen molar-refractivity contribution in [1.29, 1.82) is 0 Å². The van der Waals surface area contributed by atoms with Gasteiger partial charge in [0.15, 0.2) is 6.04 Å². The molecule has 0 aliphatic heterocycles. The number of aliphatic hydroxyl groups is 1. The standard InChI is InChI=1S/C18H26N4O7/c1-9(23)15(18(28)29)22-17(27)13(6-7-14(20)25)21-16(26)12(19)8-10-2-4-11(24)5-3-10/h2-5,9,12-13,15,23-24H,6-8,19H2,1H3,(H2,20,25)(H,21,26)(H,22,27)(H,28,29). The quantitative estimate of drug-likeness (QED) is 0.216. The molecular weight excluding hydrogens is 384 g/mol. The second-order valence-corrected chi connectivity index (χ2v) is 6.61. The Labute approximate surface area is 167 Å². The van der Waals surface area contributed by atoms with Crippen LogP contribution in [0.1, 0.15) is 25.3 Å². The maximum Gasteiger partial charge on any atom is 0.328 e. The highest BCUT2D eigenvalue weighted by molar-refractivity contribution is 5.92. The predicted octanol–water partition coefficient (Wildman–Crippen LogP) is -2.04. The van der Waals surface area contributed by atoms with Crippen molar-refractivity contribution in [3.63, 3.8) is 0 Å². The molecule has 11 nitrogen and oxygen atoms in total. The van der Waals surface area contributed by atoms with Gasteiger partial charge in [0.25, 0.3) is 0 Å². The van der Waals surface area contributed by atoms with E-state index in [9.17, 15) is 29.4 Å². The maximum absolute atomic E-state index is 12.4. The molecule has 160 valence electrons. The summed E-state index contributed by atoms with van der Waals surface area (Å²) in [5, 5.41) is 32.3. The fourth-order valence-corrected chi connectivity index (χ4v) is 2.46. The number of hydrogen-bond donors (Lipinski definition) is 7. The summed E-state index contributed by atoms with van der Waals surface area (Å²) in [6.45, 7) is 1.18. The molecule has 3 amide bonds. The number of phenols is 1. The van der Waals surface area contributed by atoms with E-state index in [0.717, 1.165) is 0 Å². The summed E-state index contributed by atoms with van der Waals surface area (Å²) in [4.78, 5) is 47.0. The highest BCUT2D eigenvalue weighted by Gasteiger charge is 2.30. The van der Waals surface area contributed by atoms with Crippen LogP contribution in [0.3, 0.4) is 0 Å². The van der Waals surface area contributed by atoms with Crippen LogP contribution >= 0.6 is 0 Å². The van der Waals surface area contributed by atoms with Crippen molar-refractivity contribution in [2.45, 2.75) is 50.4 Å². The van der Waals surface area contributed by atoms with Gasteiger partial charge in [0.1, 0.15) is 11.8 Å². The summed E-state index contributed by atoms with van der Waals surface area (Å²) in [7, 11) is 0. The Bertz CT molecular complexity index is 736. The SMILES string of the molecule is CC(O)C(NC(=O)C(CCC(N)=O)NC(=O)C(N)Cc1ccc(O)cc1)C(=O)O. The number of aromatic hydroxyl groups is 1. The average molecular weight is 410 g/mol. The number of carboxylic acids is 1. The Kier molecular flexibility index (Phi) is 9.03. The molecule has 0 aromatic heterocycles. The number of nitrogens with two attached hydrogens (primary N) is 2. The fraction of sp³-hybridized carbons (Fsp3) is 0.444. The molecule has 0 saturated carbocycles. The van der Waals surface area contributed by atoms with Gasteiger partial charge in [-0.15, -0.1) is 0 Å². The molecule has 0 aliphatic rings. The molecular formula is C18H26N4O7. The molecule has 0 aliphatic carbocycles. The molecule has 9 N–H and O–H groups in total. The second-order valence-electron chi connectivity index (χ2n) is 6.61. The number of phenolic OH excluding ortho intramolecular Hbond substituents is 1. The third kappa shape index (κ3) is 8.15. The van der Waals surface area contributed by atoms with Crippen LogP contribution in [0.25, 0.3) is 0 Å². The van der Waals surface area contributed by atoms with Gasteiger partial charge >= 0.3 is 5.97 Å². The minimum Gasteiger partial charge on any atom is -0.508 e. The van der Waals surface area contributed by atoms with Crippen LogP contribution in [-0.2, 0) is 25.6 Å². The molecule has 11 heteroatoms. The van der Waals surface area contributed by atoms with Crippen molar-refractivity contribution < 1.29 is 34.5 Å². The number of hydrogen-bond acceptors (Lipinski definition) is 7. The summed E-state index contributed by atoms with van der Waals surface area (Å²) in [5.41, 5.74) is 11.6. The zero-order valence-corrected chi connectivity index (χ0v) is 15.9. The number of rotatable bonds is 11. The monoisotopic (exact) mass is 410 g/mol. The van der Waals surface area contributed by atoms with Gasteiger partial charge in [-0.05, 0) is 37.5 Å². The molecule has 0 radical (unpaired) electrons. The van der Waals surface area contributed by atoms with Gasteiger partial charge in [-0.2, -0.15) is 0 Å². The molecule has 29 heavy (non-hydrogen) atoms. The smallest absolute Gasteiger partial charge is 0.328 e. The summed E-state index contributed by atoms with van der Waals surface area (Å²) >= 11 is 0. The summed E-state index contributed by atoms with van der Waals surface area (Å²) in [6.07, 6.45) is -1.69. The van der Waals surface area contributed by atoms with E-state index >= 15 is 0 Å². The first-order valence-corrected chi connectivity index (χ1v) is 8.84. The first-order valence-electron chi connectivity index (χ1n) is 8.84. The van der Waals surface area contributed by atoms with Crippen LogP contribution in [0.4, 0.5) is 0 Å². The number of carbonyl (C=O) groups is 4. The molecule has 1 rings (SSSR count). The van der Waals surface area contributed by atoms with Crippen molar-refractivity contribution in [3.8, 4) is 5.75 Å². The predicted molar refractivity (Wildman–Crippen MR) is 101 cm³/mol. The Morgan fingerprint density at radius 1 is 1.07 bits per heavy atom. The lowest BCUT2D eigenvalue weighted by atomic mass is 10.0. The highest BCUT2D eigenvalue weighted by atomic mass is 16.4. The zero-order valence-electron chi connectivity index (χ0n) is 15.9. The lowest BCUT2D eigenvalue weighted by Crippen LogP contribution is -2.56. The zero-order chi connectivity index (χ0) is 22.1. The first kappa shape index (κ1) is 23.9. The Hall–Kier alpha value is -3.18. The largest absolute Gasteiger partial charge is 0.508 e. The maximum atomic E-state index is 12.4. The molecule has 0 fully saturated rings. The molecule has 1 aromatic carbocycles. The first-order chi connectivity index (χ1) is 13.5. The Morgan fingerprint density at radius 2 is 1.66 bits per heavy atom. The average Bonchev–Trinajstić information content (AvgIpc) is 2.63. The number of carboxylic acid groups (broad SMARTS) is 1. The van der Waals surface area contributed by atoms with E-state index in [-0.39, 0.29) is 25.0 Å². The fourth-order valence-electron chi connectivity index (χ4n) is 2.46. The van der Waals surface area contributed by atoms with Crippen molar-refractivity contribution in [1.82, 2.24) is 10.6 Å². The summed E-state index contributed by atoms with van der Waals surface area (Å²) in [5.74, 6) is -3.72. The lowest BCUT2D eigenvalue weighted by molar-refractivity contribution is -0.145. The van der Waals surface area contributed by atoms with Gasteiger partial charge in [-0.1, -0.05) is 12.1 Å². The van der Waals surface area contributed by atoms with Gasteiger partial charge in [-0.3, -0.25) is 14.4 Å². The number of benzene rings is 1. The van der Waals surface area contributed by atoms with Crippen molar-refractivity contribution in [2.24, 2.45) is 11.5 Å². The van der Waals surface area contributed by atoms with Gasteiger partial charge in [0.05, 0.1) is 12.1 Å². The number of nitrogens with one attached hydrogen (secondary N) is 2. The van der Waals surface area contributed by atoms with Gasteiger partial charge in [-0.25, -0.2) is 4.79 Å². The number of aliphatic hydroxyl groups excluding tert-OH is 1. The molecule has 4 atom stereocenters. The number of carbonyl (C=O) groups excluding carboxylic acids is 3. The third-order valence-corrected chi connectivity index (χ3v) is 4.09.